The van der Waals surface area contributed by atoms with Crippen molar-refractivity contribution in [1.82, 2.24) is 0 Å². The number of ketones is 1. The van der Waals surface area contributed by atoms with Crippen molar-refractivity contribution >= 4 is 5.78 Å². The van der Waals surface area contributed by atoms with E-state index in [1.165, 1.54) is 17.5 Å². The number of ether oxygens (including phenoxy) is 1. The Labute approximate surface area is 113 Å². The lowest BCUT2D eigenvalue weighted by atomic mass is 9.99. The van der Waals surface area contributed by atoms with Crippen LogP contribution in [-0.4, -0.2) is 12.9 Å². The highest BCUT2D eigenvalue weighted by Crippen LogP contribution is 2.26. The normalized spacial score (nSPS) is 13.1. The predicted octanol–water partition coefficient (Wildman–Crippen LogP) is 3.41. The van der Waals surface area contributed by atoms with E-state index in [0.717, 1.165) is 18.4 Å². The monoisotopic (exact) mass is 252 g/mol. The molecule has 2 aromatic rings. The van der Waals surface area contributed by atoms with Crippen LogP contribution < -0.4 is 4.74 Å². The summed E-state index contributed by atoms with van der Waals surface area (Å²) in [6.07, 6.45) is 3.42. The summed E-state index contributed by atoms with van der Waals surface area (Å²) in [7, 11) is 1.59. The Hall–Kier alpha value is -2.09. The van der Waals surface area contributed by atoms with Gasteiger partial charge in [-0.15, -0.1) is 0 Å². The summed E-state index contributed by atoms with van der Waals surface area (Å²) in [5.41, 5.74) is 4.09. The molecule has 0 saturated heterocycles. The van der Waals surface area contributed by atoms with Crippen molar-refractivity contribution in [2.24, 2.45) is 0 Å². The number of aryl methyl sites for hydroxylation is 2. The van der Waals surface area contributed by atoms with Crippen molar-refractivity contribution in [3.8, 4) is 5.75 Å². The van der Waals surface area contributed by atoms with Gasteiger partial charge in [-0.25, -0.2) is 0 Å². The molecule has 2 aromatic carbocycles. The van der Waals surface area contributed by atoms with Crippen LogP contribution >= 0.6 is 0 Å². The van der Waals surface area contributed by atoms with E-state index < -0.39 is 0 Å². The second-order valence-corrected chi connectivity index (χ2v) is 4.87. The summed E-state index contributed by atoms with van der Waals surface area (Å²) in [6, 6.07) is 13.4. The molecule has 0 saturated carbocycles. The van der Waals surface area contributed by atoms with Crippen LogP contribution in [0.4, 0.5) is 0 Å². The van der Waals surface area contributed by atoms with Crippen LogP contribution in [-0.2, 0) is 12.8 Å². The van der Waals surface area contributed by atoms with Gasteiger partial charge in [0.05, 0.1) is 12.7 Å². The molecular formula is C17H16O2. The number of carbonyl (C=O) groups excluding carboxylic acids is 1. The fourth-order valence-electron chi connectivity index (χ4n) is 2.70. The molecule has 1 aliphatic rings. The van der Waals surface area contributed by atoms with Crippen molar-refractivity contribution < 1.29 is 9.53 Å². The van der Waals surface area contributed by atoms with Gasteiger partial charge in [0, 0.05) is 5.56 Å². The van der Waals surface area contributed by atoms with E-state index in [0.29, 0.717) is 11.3 Å². The van der Waals surface area contributed by atoms with Gasteiger partial charge < -0.3 is 4.74 Å². The van der Waals surface area contributed by atoms with Crippen molar-refractivity contribution in [2.75, 3.05) is 7.11 Å². The van der Waals surface area contributed by atoms with Gasteiger partial charge >= 0.3 is 0 Å². The lowest BCUT2D eigenvalue weighted by Crippen LogP contribution is -2.04. The van der Waals surface area contributed by atoms with Gasteiger partial charge in [0.1, 0.15) is 5.75 Å². The summed E-state index contributed by atoms with van der Waals surface area (Å²) in [4.78, 5) is 12.5. The minimum atomic E-state index is 0.0344. The van der Waals surface area contributed by atoms with E-state index in [1.54, 1.807) is 7.11 Å². The molecule has 0 radical (unpaired) electrons. The number of benzene rings is 2. The first-order valence-electron chi connectivity index (χ1n) is 6.59. The Morgan fingerprint density at radius 2 is 1.84 bits per heavy atom. The maximum atomic E-state index is 12.5. The smallest absolute Gasteiger partial charge is 0.196 e. The molecule has 3 rings (SSSR count). The van der Waals surface area contributed by atoms with Crippen LogP contribution in [0.3, 0.4) is 0 Å². The first-order valence-corrected chi connectivity index (χ1v) is 6.59. The molecule has 96 valence electrons. The van der Waals surface area contributed by atoms with Gasteiger partial charge in [0.25, 0.3) is 0 Å². The maximum Gasteiger partial charge on any atom is 0.196 e. The lowest BCUT2D eigenvalue weighted by Gasteiger charge is -2.08. The molecule has 2 heteroatoms. The summed E-state index contributed by atoms with van der Waals surface area (Å²) in [5, 5.41) is 0. The van der Waals surface area contributed by atoms with Crippen LogP contribution in [0.25, 0.3) is 0 Å². The highest BCUT2D eigenvalue weighted by molar-refractivity contribution is 6.10. The molecule has 0 aromatic heterocycles. The highest BCUT2D eigenvalue weighted by Gasteiger charge is 2.17. The molecular weight excluding hydrogens is 236 g/mol. The Balaban J connectivity index is 2.00. The van der Waals surface area contributed by atoms with Crippen molar-refractivity contribution in [2.45, 2.75) is 19.3 Å². The number of rotatable bonds is 3. The molecule has 19 heavy (non-hydrogen) atoms. The molecule has 2 nitrogen and oxygen atoms in total. The molecule has 0 spiro atoms. The van der Waals surface area contributed by atoms with Crippen molar-refractivity contribution in [3.63, 3.8) is 0 Å². The van der Waals surface area contributed by atoms with Gasteiger partial charge in [0.2, 0.25) is 0 Å². The number of methoxy groups -OCH3 is 1. The van der Waals surface area contributed by atoms with Crippen LogP contribution in [0, 0.1) is 0 Å². The Bertz CT molecular complexity index is 629. The van der Waals surface area contributed by atoms with E-state index in [1.807, 2.05) is 36.4 Å². The van der Waals surface area contributed by atoms with Crippen molar-refractivity contribution in [3.05, 3.63) is 64.7 Å². The predicted molar refractivity (Wildman–Crippen MR) is 74.9 cm³/mol. The van der Waals surface area contributed by atoms with Crippen LogP contribution in [0.5, 0.6) is 5.75 Å². The zero-order chi connectivity index (χ0) is 13.2. The van der Waals surface area contributed by atoms with Gasteiger partial charge in [-0.1, -0.05) is 24.3 Å². The molecule has 0 fully saturated rings. The zero-order valence-electron chi connectivity index (χ0n) is 11.0. The molecule has 0 heterocycles. The average Bonchev–Trinajstić information content (AvgIpc) is 2.93. The largest absolute Gasteiger partial charge is 0.496 e. The summed E-state index contributed by atoms with van der Waals surface area (Å²) in [6.45, 7) is 0. The third-order valence-corrected chi connectivity index (χ3v) is 3.71. The fraction of sp³-hybridized carbons (Fsp3) is 0.235. The molecule has 0 atom stereocenters. The quantitative estimate of drug-likeness (QED) is 0.782. The van der Waals surface area contributed by atoms with E-state index >= 15 is 0 Å². The molecule has 1 aliphatic carbocycles. The molecule has 0 amide bonds. The number of hydrogen-bond acceptors (Lipinski definition) is 2. The Kier molecular flexibility index (Phi) is 3.08. The SMILES string of the molecule is COc1ccccc1C(=O)c1ccc2c(c1)CCC2. The minimum absolute atomic E-state index is 0.0344. The van der Waals surface area contributed by atoms with E-state index in [-0.39, 0.29) is 5.78 Å². The Morgan fingerprint density at radius 1 is 1.05 bits per heavy atom. The van der Waals surface area contributed by atoms with Gasteiger partial charge in [0.15, 0.2) is 5.78 Å². The standard InChI is InChI=1S/C17H16O2/c1-19-16-8-3-2-7-15(16)17(18)14-10-9-12-5-4-6-13(12)11-14/h2-3,7-11H,4-6H2,1H3. The second kappa shape index (κ2) is 4.88. The van der Waals surface area contributed by atoms with E-state index in [9.17, 15) is 4.79 Å². The van der Waals surface area contributed by atoms with Crippen LogP contribution in [0.15, 0.2) is 42.5 Å². The van der Waals surface area contributed by atoms with Crippen molar-refractivity contribution in [1.29, 1.82) is 0 Å². The van der Waals surface area contributed by atoms with Gasteiger partial charge in [-0.2, -0.15) is 0 Å². The third kappa shape index (κ3) is 2.14. The number of hydrogen-bond donors (Lipinski definition) is 0. The highest BCUT2D eigenvalue weighted by atomic mass is 16.5. The summed E-state index contributed by atoms with van der Waals surface area (Å²) >= 11 is 0. The fourth-order valence-corrected chi connectivity index (χ4v) is 2.70. The third-order valence-electron chi connectivity index (χ3n) is 3.71. The number of para-hydroxylation sites is 1. The number of fused-ring (bicyclic) bond motifs is 1. The molecule has 0 bridgehead atoms. The molecule has 0 N–H and O–H groups in total. The first-order chi connectivity index (χ1) is 9.29. The van der Waals surface area contributed by atoms with Crippen LogP contribution in [0.2, 0.25) is 0 Å². The zero-order valence-corrected chi connectivity index (χ0v) is 11.0. The van der Waals surface area contributed by atoms with E-state index in [4.69, 9.17) is 4.74 Å². The lowest BCUT2D eigenvalue weighted by molar-refractivity contribution is 0.103. The van der Waals surface area contributed by atoms with Gasteiger partial charge in [-0.3, -0.25) is 4.79 Å². The Morgan fingerprint density at radius 3 is 2.68 bits per heavy atom. The average molecular weight is 252 g/mol. The maximum absolute atomic E-state index is 12.5. The van der Waals surface area contributed by atoms with Gasteiger partial charge in [-0.05, 0) is 48.6 Å². The topological polar surface area (TPSA) is 26.3 Å². The summed E-state index contributed by atoms with van der Waals surface area (Å²) < 4.78 is 5.26. The minimum Gasteiger partial charge on any atom is -0.496 e. The second-order valence-electron chi connectivity index (χ2n) is 4.87. The molecule has 0 aliphatic heterocycles. The van der Waals surface area contributed by atoms with Crippen LogP contribution in [0.1, 0.15) is 33.5 Å². The summed E-state index contributed by atoms with van der Waals surface area (Å²) in [5.74, 6) is 0.667. The van der Waals surface area contributed by atoms with E-state index in [2.05, 4.69) is 6.07 Å². The first kappa shape index (κ1) is 12.0. The molecule has 0 unspecified atom stereocenters. The number of carbonyl (C=O) groups is 1.